The van der Waals surface area contributed by atoms with E-state index in [1.807, 2.05) is 6.92 Å². The van der Waals surface area contributed by atoms with Crippen molar-refractivity contribution in [3.63, 3.8) is 0 Å². The third-order valence-electron chi connectivity index (χ3n) is 2.88. The zero-order valence-corrected chi connectivity index (χ0v) is 10.6. The number of methoxy groups -OCH3 is 2. The standard InChI is InChI=1S/C13H21NO2/c1-9-8-11(6-5-7-14)13(16-4)12(15-3)10(9)2/h8H,5-7,14H2,1-4H3. The van der Waals surface area contributed by atoms with Crippen molar-refractivity contribution in [3.8, 4) is 11.5 Å². The summed E-state index contributed by atoms with van der Waals surface area (Å²) < 4.78 is 10.8. The lowest BCUT2D eigenvalue weighted by Crippen LogP contribution is -2.04. The normalized spacial score (nSPS) is 10.3. The van der Waals surface area contributed by atoms with Gasteiger partial charge in [-0.1, -0.05) is 6.07 Å². The molecule has 0 spiro atoms. The zero-order valence-electron chi connectivity index (χ0n) is 10.6. The number of benzene rings is 1. The highest BCUT2D eigenvalue weighted by atomic mass is 16.5. The number of aryl methyl sites for hydroxylation is 2. The van der Waals surface area contributed by atoms with E-state index in [0.29, 0.717) is 6.54 Å². The van der Waals surface area contributed by atoms with Crippen LogP contribution < -0.4 is 15.2 Å². The molecule has 0 radical (unpaired) electrons. The first-order valence-electron chi connectivity index (χ1n) is 5.56. The van der Waals surface area contributed by atoms with E-state index >= 15 is 0 Å². The van der Waals surface area contributed by atoms with Crippen molar-refractivity contribution in [3.05, 3.63) is 22.8 Å². The second-order valence-electron chi connectivity index (χ2n) is 3.94. The van der Waals surface area contributed by atoms with E-state index in [1.165, 1.54) is 11.1 Å². The van der Waals surface area contributed by atoms with Gasteiger partial charge >= 0.3 is 0 Å². The maximum Gasteiger partial charge on any atom is 0.164 e. The summed E-state index contributed by atoms with van der Waals surface area (Å²) in [6.07, 6.45) is 1.89. The predicted molar refractivity (Wildman–Crippen MR) is 66.4 cm³/mol. The van der Waals surface area contributed by atoms with E-state index in [4.69, 9.17) is 15.2 Å². The molecule has 0 saturated heterocycles. The molecule has 1 rings (SSSR count). The first-order chi connectivity index (χ1) is 7.65. The Morgan fingerprint density at radius 1 is 1.12 bits per heavy atom. The van der Waals surface area contributed by atoms with Gasteiger partial charge in [-0.3, -0.25) is 0 Å². The van der Waals surface area contributed by atoms with E-state index in [9.17, 15) is 0 Å². The summed E-state index contributed by atoms with van der Waals surface area (Å²) in [4.78, 5) is 0. The van der Waals surface area contributed by atoms with Crippen molar-refractivity contribution in [1.82, 2.24) is 0 Å². The molecule has 1 aromatic carbocycles. The summed E-state index contributed by atoms with van der Waals surface area (Å²) in [6, 6.07) is 2.16. The largest absolute Gasteiger partial charge is 0.493 e. The van der Waals surface area contributed by atoms with Gasteiger partial charge in [0.2, 0.25) is 0 Å². The average Bonchev–Trinajstić information content (AvgIpc) is 2.29. The lowest BCUT2D eigenvalue weighted by atomic mass is 10.0. The maximum atomic E-state index is 5.53. The molecule has 0 aliphatic rings. The second-order valence-corrected chi connectivity index (χ2v) is 3.94. The molecule has 0 saturated carbocycles. The molecular formula is C13H21NO2. The minimum absolute atomic E-state index is 0.693. The van der Waals surface area contributed by atoms with E-state index in [-0.39, 0.29) is 0 Å². The van der Waals surface area contributed by atoms with Gasteiger partial charge in [-0.2, -0.15) is 0 Å². The molecule has 0 bridgehead atoms. The predicted octanol–water partition coefficient (Wildman–Crippen LogP) is 2.21. The fourth-order valence-electron chi connectivity index (χ4n) is 1.88. The van der Waals surface area contributed by atoms with Gasteiger partial charge in [0.05, 0.1) is 14.2 Å². The Labute approximate surface area is 97.6 Å². The lowest BCUT2D eigenvalue weighted by molar-refractivity contribution is 0.349. The van der Waals surface area contributed by atoms with Gasteiger partial charge in [0.15, 0.2) is 11.5 Å². The highest BCUT2D eigenvalue weighted by Gasteiger charge is 2.14. The van der Waals surface area contributed by atoms with Gasteiger partial charge in [0, 0.05) is 0 Å². The number of ether oxygens (including phenoxy) is 2. The highest BCUT2D eigenvalue weighted by Crippen LogP contribution is 2.36. The van der Waals surface area contributed by atoms with Crippen LogP contribution in [0.25, 0.3) is 0 Å². The first kappa shape index (κ1) is 12.8. The molecule has 0 atom stereocenters. The Morgan fingerprint density at radius 2 is 1.75 bits per heavy atom. The lowest BCUT2D eigenvalue weighted by Gasteiger charge is -2.17. The van der Waals surface area contributed by atoms with Crippen molar-refractivity contribution < 1.29 is 9.47 Å². The van der Waals surface area contributed by atoms with Crippen LogP contribution in [0.3, 0.4) is 0 Å². The van der Waals surface area contributed by atoms with Crippen LogP contribution in [0.15, 0.2) is 6.07 Å². The molecular weight excluding hydrogens is 202 g/mol. The number of hydrogen-bond acceptors (Lipinski definition) is 3. The van der Waals surface area contributed by atoms with Crippen molar-refractivity contribution in [2.75, 3.05) is 20.8 Å². The molecule has 0 aliphatic heterocycles. The fraction of sp³-hybridized carbons (Fsp3) is 0.538. The van der Waals surface area contributed by atoms with Crippen LogP contribution in [-0.2, 0) is 6.42 Å². The Balaban J connectivity index is 3.20. The summed E-state index contributed by atoms with van der Waals surface area (Å²) >= 11 is 0. The van der Waals surface area contributed by atoms with Crippen LogP contribution in [0.4, 0.5) is 0 Å². The minimum Gasteiger partial charge on any atom is -0.493 e. The monoisotopic (exact) mass is 223 g/mol. The summed E-state index contributed by atoms with van der Waals surface area (Å²) in [5, 5.41) is 0. The Bertz CT molecular complexity index is 361. The molecule has 16 heavy (non-hydrogen) atoms. The van der Waals surface area contributed by atoms with E-state index in [0.717, 1.165) is 29.9 Å². The van der Waals surface area contributed by atoms with Crippen molar-refractivity contribution in [2.45, 2.75) is 26.7 Å². The van der Waals surface area contributed by atoms with Crippen LogP contribution in [0, 0.1) is 13.8 Å². The molecule has 0 heterocycles. The van der Waals surface area contributed by atoms with Crippen LogP contribution in [-0.4, -0.2) is 20.8 Å². The molecule has 3 nitrogen and oxygen atoms in total. The summed E-state index contributed by atoms with van der Waals surface area (Å²) in [5.74, 6) is 1.69. The van der Waals surface area contributed by atoms with Crippen molar-refractivity contribution in [2.24, 2.45) is 5.73 Å². The Morgan fingerprint density at radius 3 is 2.25 bits per heavy atom. The van der Waals surface area contributed by atoms with Gasteiger partial charge in [-0.05, 0) is 49.9 Å². The van der Waals surface area contributed by atoms with Gasteiger partial charge in [0.1, 0.15) is 0 Å². The van der Waals surface area contributed by atoms with E-state index in [1.54, 1.807) is 14.2 Å². The number of hydrogen-bond donors (Lipinski definition) is 1. The molecule has 2 N–H and O–H groups in total. The van der Waals surface area contributed by atoms with Gasteiger partial charge in [-0.15, -0.1) is 0 Å². The Kier molecular flexibility index (Phi) is 4.62. The molecule has 0 aliphatic carbocycles. The molecule has 0 unspecified atom stereocenters. The van der Waals surface area contributed by atoms with Gasteiger partial charge in [-0.25, -0.2) is 0 Å². The number of rotatable bonds is 5. The SMILES string of the molecule is COc1c(CCCN)cc(C)c(C)c1OC. The number of nitrogens with two attached hydrogens (primary N) is 1. The average molecular weight is 223 g/mol. The van der Waals surface area contributed by atoms with Crippen LogP contribution in [0.2, 0.25) is 0 Å². The smallest absolute Gasteiger partial charge is 0.164 e. The van der Waals surface area contributed by atoms with Crippen LogP contribution >= 0.6 is 0 Å². The molecule has 0 fully saturated rings. The van der Waals surface area contributed by atoms with Crippen molar-refractivity contribution in [1.29, 1.82) is 0 Å². The molecule has 0 amide bonds. The zero-order chi connectivity index (χ0) is 12.1. The maximum absolute atomic E-state index is 5.53. The van der Waals surface area contributed by atoms with Crippen molar-refractivity contribution >= 4 is 0 Å². The molecule has 90 valence electrons. The van der Waals surface area contributed by atoms with Crippen LogP contribution in [0.1, 0.15) is 23.1 Å². The van der Waals surface area contributed by atoms with Crippen LogP contribution in [0.5, 0.6) is 11.5 Å². The van der Waals surface area contributed by atoms with E-state index in [2.05, 4.69) is 13.0 Å². The third-order valence-corrected chi connectivity index (χ3v) is 2.88. The highest BCUT2D eigenvalue weighted by molar-refractivity contribution is 5.54. The fourth-order valence-corrected chi connectivity index (χ4v) is 1.88. The topological polar surface area (TPSA) is 44.5 Å². The minimum atomic E-state index is 0.693. The third kappa shape index (κ3) is 2.47. The quantitative estimate of drug-likeness (QED) is 0.832. The molecule has 1 aromatic rings. The van der Waals surface area contributed by atoms with Gasteiger partial charge in [0.25, 0.3) is 0 Å². The molecule has 0 aromatic heterocycles. The first-order valence-corrected chi connectivity index (χ1v) is 5.56. The summed E-state index contributed by atoms with van der Waals surface area (Å²) in [7, 11) is 3.36. The Hall–Kier alpha value is -1.22. The van der Waals surface area contributed by atoms with E-state index < -0.39 is 0 Å². The summed E-state index contributed by atoms with van der Waals surface area (Å²) in [6.45, 7) is 4.82. The van der Waals surface area contributed by atoms with Gasteiger partial charge < -0.3 is 15.2 Å². The molecule has 3 heteroatoms. The summed E-state index contributed by atoms with van der Waals surface area (Å²) in [5.41, 5.74) is 9.07. The second kappa shape index (κ2) is 5.75.